The minimum atomic E-state index is 0.0922. The van der Waals surface area contributed by atoms with Crippen LogP contribution in [0.1, 0.15) is 12.5 Å². The summed E-state index contributed by atoms with van der Waals surface area (Å²) in [5.41, 5.74) is 3.00. The molecule has 2 heterocycles. The predicted octanol–water partition coefficient (Wildman–Crippen LogP) is 5.38. The molecular formula is C23H27ClN6OS. The van der Waals surface area contributed by atoms with Gasteiger partial charge in [0, 0.05) is 42.3 Å². The van der Waals surface area contributed by atoms with Crippen molar-refractivity contribution in [2.45, 2.75) is 20.5 Å². The molecule has 9 heteroatoms. The number of nitrogens with zero attached hydrogens (tertiary/aromatic N) is 5. The minimum Gasteiger partial charge on any atom is -0.493 e. The van der Waals surface area contributed by atoms with E-state index >= 15 is 0 Å². The molecule has 4 rings (SSSR count). The van der Waals surface area contributed by atoms with Gasteiger partial charge in [0.05, 0.1) is 12.2 Å². The Balaban J connectivity index is 1.56. The molecule has 32 heavy (non-hydrogen) atoms. The van der Waals surface area contributed by atoms with Gasteiger partial charge in [0.15, 0.2) is 5.69 Å². The van der Waals surface area contributed by atoms with Crippen LogP contribution in [0.3, 0.4) is 0 Å². The molecular weight excluding hydrogens is 444 g/mol. The summed E-state index contributed by atoms with van der Waals surface area (Å²) < 4.78 is 1.89. The summed E-state index contributed by atoms with van der Waals surface area (Å²) >= 11 is 11.5. The van der Waals surface area contributed by atoms with Crippen LogP contribution in [-0.2, 0) is 6.67 Å². The van der Waals surface area contributed by atoms with Crippen LogP contribution in [0.5, 0.6) is 5.88 Å². The highest BCUT2D eigenvalue weighted by molar-refractivity contribution is 7.80. The lowest BCUT2D eigenvalue weighted by Gasteiger charge is -2.34. The third-order valence-corrected chi connectivity index (χ3v) is 6.51. The van der Waals surface area contributed by atoms with Gasteiger partial charge in [-0.1, -0.05) is 42.8 Å². The number of hydrogen-bond donors (Lipinski definition) is 2. The third kappa shape index (κ3) is 4.78. The molecule has 0 amide bonds. The lowest BCUT2D eigenvalue weighted by atomic mass is 10.2. The molecule has 0 aliphatic carbocycles. The third-order valence-electron chi connectivity index (χ3n) is 5.92. The number of halogens is 1. The largest absolute Gasteiger partial charge is 0.493 e. The van der Waals surface area contributed by atoms with Gasteiger partial charge >= 0.3 is 0 Å². The summed E-state index contributed by atoms with van der Waals surface area (Å²) in [5.74, 6) is 0.0922. The summed E-state index contributed by atoms with van der Waals surface area (Å²) in [6.45, 7) is 9.75. The molecule has 7 nitrogen and oxygen atoms in total. The van der Waals surface area contributed by atoms with E-state index in [0.717, 1.165) is 54.9 Å². The fourth-order valence-electron chi connectivity index (χ4n) is 3.94. The Hall–Kier alpha value is -2.52. The van der Waals surface area contributed by atoms with Gasteiger partial charge in [-0.05, 0) is 49.4 Å². The number of aromatic nitrogens is 1. The summed E-state index contributed by atoms with van der Waals surface area (Å²) in [7, 11) is 0. The van der Waals surface area contributed by atoms with E-state index in [-0.39, 0.29) is 11.0 Å². The Morgan fingerprint density at radius 1 is 1.09 bits per heavy atom. The van der Waals surface area contributed by atoms with Gasteiger partial charge in [-0.25, -0.2) is 0 Å². The molecule has 1 aliphatic heterocycles. The van der Waals surface area contributed by atoms with E-state index in [4.69, 9.17) is 23.8 Å². The van der Waals surface area contributed by atoms with E-state index < -0.39 is 0 Å². The summed E-state index contributed by atoms with van der Waals surface area (Å²) in [5, 5.41) is 24.2. The minimum absolute atomic E-state index is 0.0922. The molecule has 0 saturated carbocycles. The van der Waals surface area contributed by atoms with Gasteiger partial charge in [0.1, 0.15) is 0 Å². The number of thiocarbonyl (C=S) groups is 1. The van der Waals surface area contributed by atoms with Crippen LogP contribution in [0.15, 0.2) is 52.7 Å². The fourth-order valence-corrected chi connectivity index (χ4v) is 4.26. The molecule has 1 saturated heterocycles. The second-order valence-electron chi connectivity index (χ2n) is 7.85. The lowest BCUT2D eigenvalue weighted by Crippen LogP contribution is -2.46. The van der Waals surface area contributed by atoms with E-state index in [1.165, 1.54) is 0 Å². The predicted molar refractivity (Wildman–Crippen MR) is 134 cm³/mol. The Kier molecular flexibility index (Phi) is 7.05. The number of benzene rings is 2. The molecule has 0 bridgehead atoms. The average molecular weight is 471 g/mol. The molecule has 168 valence electrons. The molecule has 2 N–H and O–H groups in total. The molecule has 1 aliphatic rings. The number of rotatable bonds is 5. The maximum Gasteiger partial charge on any atom is 0.221 e. The Morgan fingerprint density at radius 3 is 2.56 bits per heavy atom. The van der Waals surface area contributed by atoms with E-state index in [2.05, 4.69) is 32.3 Å². The van der Waals surface area contributed by atoms with Gasteiger partial charge in [0.25, 0.3) is 0 Å². The van der Waals surface area contributed by atoms with Gasteiger partial charge in [-0.3, -0.25) is 9.47 Å². The van der Waals surface area contributed by atoms with Crippen molar-refractivity contribution in [3.63, 3.8) is 0 Å². The number of fused-ring (bicyclic) bond motifs is 1. The van der Waals surface area contributed by atoms with Crippen LogP contribution in [-0.4, -0.2) is 57.3 Å². The summed E-state index contributed by atoms with van der Waals surface area (Å²) in [6.07, 6.45) is 0. The van der Waals surface area contributed by atoms with Crippen LogP contribution in [0.2, 0.25) is 5.02 Å². The van der Waals surface area contributed by atoms with Crippen LogP contribution in [0.4, 0.5) is 11.4 Å². The lowest BCUT2D eigenvalue weighted by molar-refractivity contribution is 0.110. The SMILES string of the molecule is CCN1CCN(Cn2c(O)c(N=NC(=S)Nc3cccc(Cl)c3C)c3ccccc32)CC1. The second-order valence-corrected chi connectivity index (χ2v) is 8.65. The van der Waals surface area contributed by atoms with Gasteiger partial charge in [-0.15, -0.1) is 10.2 Å². The average Bonchev–Trinajstić information content (AvgIpc) is 3.07. The zero-order chi connectivity index (χ0) is 22.7. The van der Waals surface area contributed by atoms with Crippen molar-refractivity contribution in [3.8, 4) is 5.88 Å². The topological polar surface area (TPSA) is 68.4 Å². The zero-order valence-corrected chi connectivity index (χ0v) is 19.8. The molecule has 1 aromatic heterocycles. The van der Waals surface area contributed by atoms with Crippen molar-refractivity contribution in [2.75, 3.05) is 38.0 Å². The van der Waals surface area contributed by atoms with Crippen LogP contribution in [0.25, 0.3) is 10.9 Å². The Morgan fingerprint density at radius 2 is 1.81 bits per heavy atom. The summed E-state index contributed by atoms with van der Waals surface area (Å²) in [6, 6.07) is 13.4. The monoisotopic (exact) mass is 470 g/mol. The highest BCUT2D eigenvalue weighted by Crippen LogP contribution is 2.39. The second kappa shape index (κ2) is 9.95. The molecule has 3 aromatic rings. The Labute approximate surface area is 198 Å². The van der Waals surface area contributed by atoms with Crippen LogP contribution >= 0.6 is 23.8 Å². The number of para-hydroxylation sites is 1. The number of anilines is 1. The molecule has 0 radical (unpaired) electrons. The smallest absolute Gasteiger partial charge is 0.221 e. The van der Waals surface area contributed by atoms with E-state index in [0.29, 0.717) is 17.4 Å². The number of hydrogen-bond acceptors (Lipinski definition) is 5. The normalized spacial score (nSPS) is 15.6. The van der Waals surface area contributed by atoms with Gasteiger partial charge < -0.3 is 15.3 Å². The quantitative estimate of drug-likeness (QED) is 0.387. The first-order chi connectivity index (χ1) is 15.5. The van der Waals surface area contributed by atoms with Crippen molar-refractivity contribution in [1.82, 2.24) is 14.4 Å². The highest BCUT2D eigenvalue weighted by Gasteiger charge is 2.21. The molecule has 0 spiro atoms. The van der Waals surface area contributed by atoms with Crippen molar-refractivity contribution in [1.29, 1.82) is 0 Å². The first-order valence-electron chi connectivity index (χ1n) is 10.7. The van der Waals surface area contributed by atoms with E-state index in [1.807, 2.05) is 54.0 Å². The molecule has 0 atom stereocenters. The molecule has 0 unspecified atom stereocenters. The number of azo groups is 1. The standard InChI is InChI=1S/C23H27ClN6OS/c1-3-28-11-13-29(14-12-28)15-30-20-10-5-4-7-17(20)21(22(30)31)26-27-23(32)25-19-9-6-8-18(24)16(19)2/h4-10,31H,3,11-15H2,1-2H3,(H,25,32). The van der Waals surface area contributed by atoms with Crippen molar-refractivity contribution in [2.24, 2.45) is 10.2 Å². The maximum absolute atomic E-state index is 11.0. The van der Waals surface area contributed by atoms with E-state index in [9.17, 15) is 5.11 Å². The fraction of sp³-hybridized carbons (Fsp3) is 0.348. The Bertz CT molecular complexity index is 1150. The van der Waals surface area contributed by atoms with Crippen molar-refractivity contribution >= 4 is 51.2 Å². The number of likely N-dealkylation sites (N-methyl/N-ethyl adjacent to an activating group) is 1. The van der Waals surface area contributed by atoms with Crippen LogP contribution < -0.4 is 5.32 Å². The highest BCUT2D eigenvalue weighted by atomic mass is 35.5. The van der Waals surface area contributed by atoms with Gasteiger partial charge in [-0.2, -0.15) is 0 Å². The first-order valence-corrected chi connectivity index (χ1v) is 11.5. The van der Waals surface area contributed by atoms with Crippen LogP contribution in [0, 0.1) is 6.92 Å². The van der Waals surface area contributed by atoms with E-state index in [1.54, 1.807) is 0 Å². The maximum atomic E-state index is 11.0. The molecule has 2 aromatic carbocycles. The zero-order valence-electron chi connectivity index (χ0n) is 18.3. The number of aromatic hydroxyl groups is 1. The van der Waals surface area contributed by atoms with Crippen molar-refractivity contribution in [3.05, 3.63) is 53.1 Å². The number of piperazine rings is 1. The summed E-state index contributed by atoms with van der Waals surface area (Å²) in [4.78, 5) is 4.77. The first kappa shape index (κ1) is 22.7. The van der Waals surface area contributed by atoms with Crippen molar-refractivity contribution < 1.29 is 5.11 Å². The van der Waals surface area contributed by atoms with Gasteiger partial charge in [0.2, 0.25) is 11.0 Å². The molecule has 1 fully saturated rings. The number of nitrogens with one attached hydrogen (secondary N) is 1.